The Morgan fingerprint density at radius 1 is 1.28 bits per heavy atom. The minimum atomic E-state index is -1.32. The number of ether oxygens (including phenoxy) is 2. The van der Waals surface area contributed by atoms with Crippen molar-refractivity contribution in [1.82, 2.24) is 0 Å². The van der Waals surface area contributed by atoms with Gasteiger partial charge in [0.25, 0.3) is 0 Å². The fourth-order valence-corrected chi connectivity index (χ4v) is 1.95. The van der Waals surface area contributed by atoms with Gasteiger partial charge < -0.3 is 29.9 Å². The summed E-state index contributed by atoms with van der Waals surface area (Å²) in [6.45, 7) is 1.59. The molecule has 1 heterocycles. The van der Waals surface area contributed by atoms with Crippen molar-refractivity contribution < 1.29 is 29.9 Å². The zero-order valence-corrected chi connectivity index (χ0v) is 10.7. The van der Waals surface area contributed by atoms with Crippen molar-refractivity contribution >= 4 is 0 Å². The Morgan fingerprint density at radius 2 is 2.00 bits per heavy atom. The van der Waals surface area contributed by atoms with Crippen LogP contribution >= 0.6 is 0 Å². The van der Waals surface area contributed by atoms with Crippen LogP contribution in [0.15, 0.2) is 0 Å². The third kappa shape index (κ3) is 4.46. The fraction of sp³-hybridized carbons (Fsp3) is 1.00. The summed E-state index contributed by atoms with van der Waals surface area (Å²) in [5.41, 5.74) is 0. The van der Waals surface area contributed by atoms with Crippen molar-refractivity contribution in [3.63, 3.8) is 0 Å². The highest BCUT2D eigenvalue weighted by molar-refractivity contribution is 4.84. The van der Waals surface area contributed by atoms with Crippen LogP contribution in [0.3, 0.4) is 0 Å². The first-order valence-corrected chi connectivity index (χ1v) is 6.52. The van der Waals surface area contributed by atoms with E-state index in [0.29, 0.717) is 6.42 Å². The molecule has 0 aromatic rings. The van der Waals surface area contributed by atoms with Gasteiger partial charge in [-0.2, -0.15) is 0 Å². The van der Waals surface area contributed by atoms with Gasteiger partial charge in [0.05, 0.1) is 13.2 Å². The number of aliphatic hydroxyl groups is 4. The predicted molar refractivity (Wildman–Crippen MR) is 63.9 cm³/mol. The largest absolute Gasteiger partial charge is 0.394 e. The summed E-state index contributed by atoms with van der Waals surface area (Å²) in [6, 6.07) is 0. The molecule has 6 nitrogen and oxygen atoms in total. The number of unbranched alkanes of at least 4 members (excludes halogenated alkanes) is 2. The van der Waals surface area contributed by atoms with Crippen LogP contribution in [-0.4, -0.2) is 64.3 Å². The first-order valence-electron chi connectivity index (χ1n) is 6.52. The first-order chi connectivity index (χ1) is 8.60. The lowest BCUT2D eigenvalue weighted by Crippen LogP contribution is -2.54. The predicted octanol–water partition coefficient (Wildman–Crippen LogP) is -0.617. The summed E-state index contributed by atoms with van der Waals surface area (Å²) in [6.07, 6.45) is -1.23. The molecule has 6 heteroatoms. The summed E-state index contributed by atoms with van der Waals surface area (Å²) in [5, 5.41) is 37.6. The number of hydrogen-bond acceptors (Lipinski definition) is 6. The van der Waals surface area contributed by atoms with Crippen LogP contribution in [0.1, 0.15) is 32.6 Å². The lowest BCUT2D eigenvalue weighted by atomic mass is 10.0. The molecule has 1 unspecified atom stereocenters. The van der Waals surface area contributed by atoms with Crippen LogP contribution in [0.2, 0.25) is 0 Å². The minimum absolute atomic E-state index is 0.0661. The van der Waals surface area contributed by atoms with Gasteiger partial charge in [0.15, 0.2) is 6.29 Å². The summed E-state index contributed by atoms with van der Waals surface area (Å²) < 4.78 is 10.7. The first kappa shape index (κ1) is 15.8. The second-order valence-corrected chi connectivity index (χ2v) is 4.67. The highest BCUT2D eigenvalue weighted by Crippen LogP contribution is 2.21. The second-order valence-electron chi connectivity index (χ2n) is 4.67. The number of hydrogen-bond donors (Lipinski definition) is 4. The molecule has 0 spiro atoms. The van der Waals surface area contributed by atoms with E-state index in [2.05, 4.69) is 6.92 Å². The van der Waals surface area contributed by atoms with Crippen LogP contribution in [0.4, 0.5) is 0 Å². The summed E-state index contributed by atoms with van der Waals surface area (Å²) in [7, 11) is 0. The average molecular weight is 264 g/mol. The Hall–Kier alpha value is -0.240. The zero-order valence-electron chi connectivity index (χ0n) is 10.7. The molecule has 1 saturated heterocycles. The van der Waals surface area contributed by atoms with Crippen molar-refractivity contribution in [2.45, 2.75) is 63.3 Å². The normalized spacial score (nSPS) is 32.2. The molecule has 0 aromatic carbocycles. The van der Waals surface area contributed by atoms with Crippen molar-refractivity contribution in [1.29, 1.82) is 0 Å². The van der Waals surface area contributed by atoms with Gasteiger partial charge in [0, 0.05) is 0 Å². The lowest BCUT2D eigenvalue weighted by molar-refractivity contribution is -0.281. The molecule has 1 aliphatic heterocycles. The van der Waals surface area contributed by atoms with E-state index in [1.165, 1.54) is 0 Å². The van der Waals surface area contributed by atoms with Gasteiger partial charge in [-0.25, -0.2) is 0 Å². The zero-order chi connectivity index (χ0) is 13.5. The van der Waals surface area contributed by atoms with Crippen molar-refractivity contribution in [3.8, 4) is 0 Å². The number of aliphatic hydroxyl groups excluding tert-OH is 4. The van der Waals surface area contributed by atoms with E-state index < -0.39 is 37.3 Å². The topological polar surface area (TPSA) is 99.4 Å². The molecule has 18 heavy (non-hydrogen) atoms. The smallest absolute Gasteiger partial charge is 0.158 e. The summed E-state index contributed by atoms with van der Waals surface area (Å²) in [5.74, 6) is 0. The molecule has 0 amide bonds. The maximum Gasteiger partial charge on any atom is 0.158 e. The highest BCUT2D eigenvalue weighted by Gasteiger charge is 2.38. The summed E-state index contributed by atoms with van der Waals surface area (Å²) >= 11 is 0. The molecule has 0 aliphatic carbocycles. The standard InChI is InChI=1S/C12H24O6/c1-2-3-4-5-10-17-7-9(15)12(18-10)11(16)8(14)6-13/h8-16H,2-7H2,1H3/t8-,9+,10?,11+,12+/m0/s1. The summed E-state index contributed by atoms with van der Waals surface area (Å²) in [4.78, 5) is 0. The number of rotatable bonds is 7. The van der Waals surface area contributed by atoms with Crippen molar-refractivity contribution in [2.24, 2.45) is 0 Å². The van der Waals surface area contributed by atoms with Crippen LogP contribution in [-0.2, 0) is 9.47 Å². The van der Waals surface area contributed by atoms with Gasteiger partial charge in [-0.3, -0.25) is 0 Å². The second kappa shape index (κ2) is 8.04. The molecule has 5 atom stereocenters. The maximum absolute atomic E-state index is 9.75. The fourth-order valence-electron chi connectivity index (χ4n) is 1.95. The Labute approximate surface area is 107 Å². The van der Waals surface area contributed by atoms with Crippen LogP contribution in [0.5, 0.6) is 0 Å². The van der Waals surface area contributed by atoms with Gasteiger partial charge in [-0.15, -0.1) is 0 Å². The van der Waals surface area contributed by atoms with Crippen molar-refractivity contribution in [3.05, 3.63) is 0 Å². The van der Waals surface area contributed by atoms with Crippen LogP contribution in [0, 0.1) is 0 Å². The highest BCUT2D eigenvalue weighted by atomic mass is 16.7. The quantitative estimate of drug-likeness (QED) is 0.458. The molecule has 1 fully saturated rings. The molecule has 1 aliphatic rings. The van der Waals surface area contributed by atoms with E-state index in [0.717, 1.165) is 19.3 Å². The van der Waals surface area contributed by atoms with Gasteiger partial charge in [-0.1, -0.05) is 19.8 Å². The molecular weight excluding hydrogens is 240 g/mol. The van der Waals surface area contributed by atoms with E-state index in [1.807, 2.05) is 0 Å². The molecule has 0 aromatic heterocycles. The third-order valence-corrected chi connectivity index (χ3v) is 3.10. The molecule has 1 rings (SSSR count). The molecule has 0 saturated carbocycles. The molecular formula is C12H24O6. The maximum atomic E-state index is 9.75. The minimum Gasteiger partial charge on any atom is -0.394 e. The SMILES string of the molecule is CCCCCC1OC[C@@H](O)[C@H]([C@H](O)[C@@H](O)CO)O1. The van der Waals surface area contributed by atoms with E-state index >= 15 is 0 Å². The monoisotopic (exact) mass is 264 g/mol. The molecule has 108 valence electrons. The Bertz CT molecular complexity index is 225. The van der Waals surface area contributed by atoms with Crippen LogP contribution in [0.25, 0.3) is 0 Å². The van der Waals surface area contributed by atoms with E-state index in [1.54, 1.807) is 0 Å². The molecule has 0 bridgehead atoms. The van der Waals surface area contributed by atoms with Crippen molar-refractivity contribution in [2.75, 3.05) is 13.2 Å². The Balaban J connectivity index is 2.45. The van der Waals surface area contributed by atoms with Crippen LogP contribution < -0.4 is 0 Å². The Kier molecular flexibility index (Phi) is 7.06. The van der Waals surface area contributed by atoms with E-state index in [4.69, 9.17) is 14.6 Å². The van der Waals surface area contributed by atoms with E-state index in [-0.39, 0.29) is 6.61 Å². The van der Waals surface area contributed by atoms with Gasteiger partial charge >= 0.3 is 0 Å². The van der Waals surface area contributed by atoms with E-state index in [9.17, 15) is 15.3 Å². The third-order valence-electron chi connectivity index (χ3n) is 3.10. The molecule has 4 N–H and O–H groups in total. The van der Waals surface area contributed by atoms with Gasteiger partial charge in [0.2, 0.25) is 0 Å². The Morgan fingerprint density at radius 3 is 2.61 bits per heavy atom. The lowest BCUT2D eigenvalue weighted by Gasteiger charge is -2.37. The van der Waals surface area contributed by atoms with Gasteiger partial charge in [0.1, 0.15) is 24.4 Å². The molecule has 0 radical (unpaired) electrons. The van der Waals surface area contributed by atoms with Gasteiger partial charge in [-0.05, 0) is 12.8 Å². The average Bonchev–Trinajstić information content (AvgIpc) is 2.39.